The second-order valence-electron chi connectivity index (χ2n) is 7.07. The maximum absolute atomic E-state index is 14.0. The minimum absolute atomic E-state index is 0.0944. The molecule has 0 unspecified atom stereocenters. The van der Waals surface area contributed by atoms with Gasteiger partial charge in [0.05, 0.1) is 11.1 Å². The van der Waals surface area contributed by atoms with Gasteiger partial charge in [-0.15, -0.1) is 0 Å². The highest BCUT2D eigenvalue weighted by Gasteiger charge is 2.27. The number of hydrogen-bond acceptors (Lipinski definition) is 3. The molecule has 0 spiro atoms. The molecular formula is C22H15F5N4O2. The molecule has 6 nitrogen and oxygen atoms in total. The molecule has 2 aromatic carbocycles. The van der Waals surface area contributed by atoms with E-state index in [0.29, 0.717) is 12.1 Å². The van der Waals surface area contributed by atoms with Crippen LogP contribution >= 0.6 is 0 Å². The molecular weight excluding hydrogens is 447 g/mol. The van der Waals surface area contributed by atoms with E-state index in [9.17, 15) is 31.5 Å². The summed E-state index contributed by atoms with van der Waals surface area (Å²) in [5.41, 5.74) is -0.591. The van der Waals surface area contributed by atoms with Gasteiger partial charge in [0.15, 0.2) is 28.9 Å². The standard InChI is InChI=1S/C22H15F5N4O2/c1-2-11-5-3-6-12(9-11)31-22(33)13-7-4-8-28-21(13)30(31)10-14(32)29-20-18(26)16(24)15(23)17(25)19(20)27/h3-9H,2,10H2,1H3,(H,29,32). The van der Waals surface area contributed by atoms with Gasteiger partial charge in [0.25, 0.3) is 5.56 Å². The number of pyridine rings is 1. The number of aromatic nitrogens is 3. The molecule has 1 amide bonds. The number of amides is 1. The van der Waals surface area contributed by atoms with E-state index in [1.54, 1.807) is 23.5 Å². The monoisotopic (exact) mass is 462 g/mol. The normalized spacial score (nSPS) is 11.2. The SMILES string of the molecule is CCc1cccc(-n2c(=O)c3cccnc3n2CC(=O)Nc2c(F)c(F)c(F)c(F)c2F)c1. The van der Waals surface area contributed by atoms with Gasteiger partial charge in [0.2, 0.25) is 11.7 Å². The van der Waals surface area contributed by atoms with Crippen LogP contribution in [0.1, 0.15) is 12.5 Å². The number of anilines is 1. The average molecular weight is 462 g/mol. The summed E-state index contributed by atoms with van der Waals surface area (Å²) in [5, 5.41) is 1.88. The molecule has 0 bridgehead atoms. The van der Waals surface area contributed by atoms with Gasteiger partial charge < -0.3 is 5.32 Å². The number of rotatable bonds is 5. The van der Waals surface area contributed by atoms with E-state index in [0.717, 1.165) is 14.9 Å². The second kappa shape index (κ2) is 8.49. The van der Waals surface area contributed by atoms with Gasteiger partial charge in [-0.3, -0.25) is 14.3 Å². The highest BCUT2D eigenvalue weighted by atomic mass is 19.2. The summed E-state index contributed by atoms with van der Waals surface area (Å²) < 4.78 is 70.5. The Kier molecular flexibility index (Phi) is 5.71. The van der Waals surface area contributed by atoms with E-state index in [1.807, 2.05) is 13.0 Å². The van der Waals surface area contributed by atoms with Crippen molar-refractivity contribution in [3.8, 4) is 5.69 Å². The Bertz CT molecular complexity index is 1430. The fourth-order valence-corrected chi connectivity index (χ4v) is 3.43. The number of carbonyl (C=O) groups excluding carboxylic acids is 1. The van der Waals surface area contributed by atoms with Crippen LogP contribution in [-0.4, -0.2) is 20.3 Å². The third-order valence-electron chi connectivity index (χ3n) is 5.03. The maximum Gasteiger partial charge on any atom is 0.280 e. The molecule has 11 heteroatoms. The van der Waals surface area contributed by atoms with Crippen LogP contribution in [0.3, 0.4) is 0 Å². The van der Waals surface area contributed by atoms with E-state index in [-0.39, 0.29) is 11.0 Å². The van der Waals surface area contributed by atoms with Gasteiger partial charge in [-0.2, -0.15) is 0 Å². The van der Waals surface area contributed by atoms with Crippen molar-refractivity contribution in [3.05, 3.63) is 87.6 Å². The van der Waals surface area contributed by atoms with Crippen molar-refractivity contribution < 1.29 is 26.7 Å². The molecule has 0 saturated heterocycles. The minimum Gasteiger partial charge on any atom is -0.319 e. The van der Waals surface area contributed by atoms with Crippen LogP contribution in [0.5, 0.6) is 0 Å². The van der Waals surface area contributed by atoms with E-state index >= 15 is 0 Å². The molecule has 0 fully saturated rings. The fraction of sp³-hybridized carbons (Fsp3) is 0.136. The van der Waals surface area contributed by atoms with Gasteiger partial charge >= 0.3 is 0 Å². The maximum atomic E-state index is 14.0. The summed E-state index contributed by atoms with van der Waals surface area (Å²) in [6.07, 6.45) is 2.05. The summed E-state index contributed by atoms with van der Waals surface area (Å²) in [5.74, 6) is -12.2. The second-order valence-corrected chi connectivity index (χ2v) is 7.07. The first kappa shape index (κ1) is 22.2. The first-order chi connectivity index (χ1) is 15.7. The molecule has 0 aliphatic heterocycles. The van der Waals surface area contributed by atoms with Crippen molar-refractivity contribution >= 4 is 22.6 Å². The summed E-state index contributed by atoms with van der Waals surface area (Å²) >= 11 is 0. The number of benzene rings is 2. The molecule has 1 N–H and O–H groups in total. The van der Waals surface area contributed by atoms with E-state index in [2.05, 4.69) is 4.98 Å². The van der Waals surface area contributed by atoms with Crippen molar-refractivity contribution in [3.63, 3.8) is 0 Å². The minimum atomic E-state index is -2.34. The van der Waals surface area contributed by atoms with Gasteiger partial charge in [-0.25, -0.2) is 31.6 Å². The zero-order valence-corrected chi connectivity index (χ0v) is 17.0. The number of carbonyl (C=O) groups is 1. The van der Waals surface area contributed by atoms with E-state index < -0.39 is 52.8 Å². The Morgan fingerprint density at radius 2 is 1.64 bits per heavy atom. The molecule has 170 valence electrons. The molecule has 0 aliphatic rings. The summed E-state index contributed by atoms with van der Waals surface area (Å²) in [6, 6.07) is 9.91. The lowest BCUT2D eigenvalue weighted by Crippen LogP contribution is -2.28. The summed E-state index contributed by atoms with van der Waals surface area (Å²) in [6.45, 7) is 1.21. The highest BCUT2D eigenvalue weighted by Crippen LogP contribution is 2.27. The third-order valence-corrected chi connectivity index (χ3v) is 5.03. The number of fused-ring (bicyclic) bond motifs is 1. The van der Waals surface area contributed by atoms with E-state index in [4.69, 9.17) is 0 Å². The number of nitrogens with one attached hydrogen (secondary N) is 1. The fourth-order valence-electron chi connectivity index (χ4n) is 3.43. The van der Waals surface area contributed by atoms with Crippen molar-refractivity contribution in [1.29, 1.82) is 0 Å². The Morgan fingerprint density at radius 3 is 2.30 bits per heavy atom. The van der Waals surface area contributed by atoms with Crippen molar-refractivity contribution in [2.24, 2.45) is 0 Å². The molecule has 0 aliphatic carbocycles. The lowest BCUT2D eigenvalue weighted by molar-refractivity contribution is -0.117. The van der Waals surface area contributed by atoms with Crippen molar-refractivity contribution in [2.45, 2.75) is 19.9 Å². The lowest BCUT2D eigenvalue weighted by Gasteiger charge is -2.14. The zero-order chi connectivity index (χ0) is 23.9. The van der Waals surface area contributed by atoms with Crippen molar-refractivity contribution in [2.75, 3.05) is 5.32 Å². The zero-order valence-electron chi connectivity index (χ0n) is 17.0. The Balaban J connectivity index is 1.80. The van der Waals surface area contributed by atoms with Crippen LogP contribution in [0.15, 0.2) is 47.4 Å². The number of hydrogen-bond donors (Lipinski definition) is 1. The first-order valence-corrected chi connectivity index (χ1v) is 9.71. The molecule has 4 rings (SSSR count). The summed E-state index contributed by atoms with van der Waals surface area (Å²) in [7, 11) is 0. The highest BCUT2D eigenvalue weighted by molar-refractivity contribution is 5.91. The van der Waals surface area contributed by atoms with Gasteiger partial charge in [0, 0.05) is 6.20 Å². The van der Waals surface area contributed by atoms with Crippen LogP contribution in [0.4, 0.5) is 27.6 Å². The van der Waals surface area contributed by atoms with Crippen molar-refractivity contribution in [1.82, 2.24) is 14.3 Å². The van der Waals surface area contributed by atoms with Crippen LogP contribution in [-0.2, 0) is 17.8 Å². The Morgan fingerprint density at radius 1 is 0.970 bits per heavy atom. The quantitative estimate of drug-likeness (QED) is 0.276. The van der Waals surface area contributed by atoms with Crippen LogP contribution in [0.2, 0.25) is 0 Å². The number of aryl methyl sites for hydroxylation is 1. The number of nitrogens with zero attached hydrogens (tertiary/aromatic N) is 3. The Labute approximate surface area is 182 Å². The molecule has 33 heavy (non-hydrogen) atoms. The predicted octanol–water partition coefficient (Wildman–Crippen LogP) is 4.08. The van der Waals surface area contributed by atoms with Gasteiger partial charge in [0.1, 0.15) is 12.2 Å². The first-order valence-electron chi connectivity index (χ1n) is 9.71. The van der Waals surface area contributed by atoms with Crippen LogP contribution < -0.4 is 10.9 Å². The topological polar surface area (TPSA) is 68.9 Å². The molecule has 0 radical (unpaired) electrons. The number of halogens is 5. The largest absolute Gasteiger partial charge is 0.319 e. The van der Waals surface area contributed by atoms with Gasteiger partial charge in [-0.05, 0) is 36.2 Å². The molecule has 2 heterocycles. The lowest BCUT2D eigenvalue weighted by atomic mass is 10.1. The molecule has 4 aromatic rings. The molecule has 2 aromatic heterocycles. The summed E-state index contributed by atoms with van der Waals surface area (Å²) in [4.78, 5) is 29.8. The molecule has 0 atom stereocenters. The molecule has 0 saturated carbocycles. The van der Waals surface area contributed by atoms with Crippen LogP contribution in [0.25, 0.3) is 16.7 Å². The van der Waals surface area contributed by atoms with E-state index in [1.165, 1.54) is 18.3 Å². The average Bonchev–Trinajstić information content (AvgIpc) is 3.10. The Hall–Kier alpha value is -4.02. The third kappa shape index (κ3) is 3.75. The van der Waals surface area contributed by atoms with Gasteiger partial charge in [-0.1, -0.05) is 19.1 Å². The predicted molar refractivity (Wildman–Crippen MR) is 110 cm³/mol. The van der Waals surface area contributed by atoms with Crippen LogP contribution in [0, 0.1) is 29.1 Å². The smallest absolute Gasteiger partial charge is 0.280 e.